The number of hydrogen-bond donors (Lipinski definition) is 2. The van der Waals surface area contributed by atoms with Gasteiger partial charge in [0.1, 0.15) is 0 Å². The highest BCUT2D eigenvalue weighted by atomic mass is 16.1. The number of primary amides is 1. The van der Waals surface area contributed by atoms with Gasteiger partial charge in [0.2, 0.25) is 0 Å². The van der Waals surface area contributed by atoms with E-state index in [0.29, 0.717) is 11.3 Å². The number of nitrogens with two attached hydrogens (primary N) is 2. The topological polar surface area (TPSA) is 86.2 Å². The largest absolute Gasteiger partial charge is 0.398 e. The van der Waals surface area contributed by atoms with Crippen LogP contribution in [0.25, 0.3) is 0 Å². The summed E-state index contributed by atoms with van der Waals surface area (Å²) in [6.07, 6.45) is 0.213. The lowest BCUT2D eigenvalue weighted by Gasteiger charge is -2.06. The molecule has 0 aliphatic carbocycles. The van der Waals surface area contributed by atoms with Crippen molar-refractivity contribution in [2.45, 2.75) is 6.42 Å². The Kier molecular flexibility index (Phi) is 3.61. The molecule has 0 fully saturated rings. The maximum absolute atomic E-state index is 12.0. The highest BCUT2D eigenvalue weighted by molar-refractivity contribution is 6.00. The Balaban J connectivity index is 2.23. The number of anilines is 1. The summed E-state index contributed by atoms with van der Waals surface area (Å²) in [5, 5.41) is 0. The highest BCUT2D eigenvalue weighted by Crippen LogP contribution is 2.15. The quantitative estimate of drug-likeness (QED) is 0.644. The number of carbonyl (C=O) groups is 2. The van der Waals surface area contributed by atoms with E-state index in [1.165, 1.54) is 0 Å². The molecule has 1 amide bonds. The molecule has 4 N–H and O–H groups in total. The predicted octanol–water partition coefficient (Wildman–Crippen LogP) is 1.79. The first kappa shape index (κ1) is 12.8. The number of hydrogen-bond acceptors (Lipinski definition) is 3. The normalized spacial score (nSPS) is 10.1. The van der Waals surface area contributed by atoms with E-state index in [1.807, 2.05) is 18.2 Å². The van der Waals surface area contributed by atoms with Gasteiger partial charge in [-0.1, -0.05) is 36.4 Å². The molecule has 0 aliphatic rings. The molecule has 0 saturated heterocycles. The lowest BCUT2D eigenvalue weighted by molar-refractivity contribution is 0.0984. The van der Waals surface area contributed by atoms with Crippen molar-refractivity contribution in [2.24, 2.45) is 5.73 Å². The van der Waals surface area contributed by atoms with Gasteiger partial charge in [-0.25, -0.2) is 0 Å². The van der Waals surface area contributed by atoms with Crippen LogP contribution in [0.2, 0.25) is 0 Å². The van der Waals surface area contributed by atoms with Crippen LogP contribution in [0, 0.1) is 0 Å². The Labute approximate surface area is 111 Å². The number of amides is 1. The number of ketones is 1. The molecule has 4 nitrogen and oxygen atoms in total. The first-order valence-corrected chi connectivity index (χ1v) is 5.84. The van der Waals surface area contributed by atoms with Crippen molar-refractivity contribution < 1.29 is 9.59 Å². The number of rotatable bonds is 4. The van der Waals surface area contributed by atoms with E-state index in [9.17, 15) is 9.59 Å². The molecule has 0 heterocycles. The van der Waals surface area contributed by atoms with Crippen molar-refractivity contribution in [2.75, 3.05) is 5.73 Å². The summed E-state index contributed by atoms with van der Waals surface area (Å²) in [6.45, 7) is 0. The molecule has 2 aromatic rings. The van der Waals surface area contributed by atoms with Crippen LogP contribution in [0.1, 0.15) is 26.3 Å². The predicted molar refractivity (Wildman–Crippen MR) is 73.8 cm³/mol. The minimum absolute atomic E-state index is 0.0132. The first-order chi connectivity index (χ1) is 9.08. The molecular weight excluding hydrogens is 240 g/mol. The van der Waals surface area contributed by atoms with Crippen LogP contribution in [0.3, 0.4) is 0 Å². The van der Waals surface area contributed by atoms with Gasteiger partial charge in [0.05, 0.1) is 5.56 Å². The fourth-order valence-corrected chi connectivity index (χ4v) is 1.84. The summed E-state index contributed by atoms with van der Waals surface area (Å²) in [6, 6.07) is 13.9. The van der Waals surface area contributed by atoms with E-state index in [1.54, 1.807) is 30.3 Å². The van der Waals surface area contributed by atoms with Crippen molar-refractivity contribution in [1.29, 1.82) is 0 Å². The zero-order valence-corrected chi connectivity index (χ0v) is 10.3. The first-order valence-electron chi connectivity index (χ1n) is 5.84. The number of benzene rings is 2. The molecule has 0 radical (unpaired) electrons. The number of Topliss-reactive ketones (excluding diaryl/α,β-unsaturated/α-hetero) is 1. The zero-order valence-electron chi connectivity index (χ0n) is 10.3. The van der Waals surface area contributed by atoms with Crippen LogP contribution in [-0.4, -0.2) is 11.7 Å². The second-order valence-electron chi connectivity index (χ2n) is 4.25. The summed E-state index contributed by atoms with van der Waals surface area (Å²) >= 11 is 0. The van der Waals surface area contributed by atoms with Gasteiger partial charge in [-0.15, -0.1) is 0 Å². The van der Waals surface area contributed by atoms with Gasteiger partial charge in [0.15, 0.2) is 5.78 Å². The van der Waals surface area contributed by atoms with Crippen molar-refractivity contribution in [3.8, 4) is 0 Å². The Morgan fingerprint density at radius 2 is 1.68 bits per heavy atom. The third-order valence-electron chi connectivity index (χ3n) is 2.84. The van der Waals surface area contributed by atoms with E-state index in [2.05, 4.69) is 0 Å². The molecule has 2 aromatic carbocycles. The van der Waals surface area contributed by atoms with Crippen molar-refractivity contribution in [3.05, 3.63) is 65.2 Å². The van der Waals surface area contributed by atoms with Gasteiger partial charge in [-0.3, -0.25) is 9.59 Å². The zero-order chi connectivity index (χ0) is 13.8. The third-order valence-corrected chi connectivity index (χ3v) is 2.84. The van der Waals surface area contributed by atoms with E-state index in [4.69, 9.17) is 11.5 Å². The summed E-state index contributed by atoms with van der Waals surface area (Å²) in [5.41, 5.74) is 12.8. The van der Waals surface area contributed by atoms with E-state index in [0.717, 1.165) is 5.56 Å². The summed E-state index contributed by atoms with van der Waals surface area (Å²) < 4.78 is 0. The summed E-state index contributed by atoms with van der Waals surface area (Å²) in [7, 11) is 0. The minimum atomic E-state index is -0.591. The molecule has 0 spiro atoms. The Bertz CT molecular complexity index is 621. The minimum Gasteiger partial charge on any atom is -0.398 e. The molecule has 0 saturated carbocycles. The van der Waals surface area contributed by atoms with E-state index >= 15 is 0 Å². The Morgan fingerprint density at radius 1 is 1.00 bits per heavy atom. The van der Waals surface area contributed by atoms with Crippen LogP contribution in [-0.2, 0) is 6.42 Å². The smallest absolute Gasteiger partial charge is 0.250 e. The Hall–Kier alpha value is -2.62. The maximum Gasteiger partial charge on any atom is 0.250 e. The van der Waals surface area contributed by atoms with Crippen molar-refractivity contribution in [1.82, 2.24) is 0 Å². The van der Waals surface area contributed by atoms with Crippen LogP contribution in [0.4, 0.5) is 5.69 Å². The van der Waals surface area contributed by atoms with E-state index < -0.39 is 5.91 Å². The molecular formula is C15H14N2O2. The van der Waals surface area contributed by atoms with Gasteiger partial charge in [-0.2, -0.15) is 0 Å². The SMILES string of the molecule is NC(=O)c1cc(CC(=O)c2ccccc2)ccc1N. The van der Waals surface area contributed by atoms with E-state index in [-0.39, 0.29) is 17.8 Å². The van der Waals surface area contributed by atoms with Crippen LogP contribution in [0.15, 0.2) is 48.5 Å². The fraction of sp³-hybridized carbons (Fsp3) is 0.0667. The van der Waals surface area contributed by atoms with Gasteiger partial charge in [0.25, 0.3) is 5.91 Å². The molecule has 0 aromatic heterocycles. The van der Waals surface area contributed by atoms with Gasteiger partial charge in [0, 0.05) is 17.7 Å². The molecule has 4 heteroatoms. The summed E-state index contributed by atoms with van der Waals surface area (Å²) in [4.78, 5) is 23.2. The molecule has 0 unspecified atom stereocenters. The maximum atomic E-state index is 12.0. The summed E-state index contributed by atoms with van der Waals surface area (Å²) in [5.74, 6) is -0.604. The highest BCUT2D eigenvalue weighted by Gasteiger charge is 2.10. The monoisotopic (exact) mass is 254 g/mol. The lowest BCUT2D eigenvalue weighted by Crippen LogP contribution is -2.14. The van der Waals surface area contributed by atoms with Crippen molar-refractivity contribution in [3.63, 3.8) is 0 Å². The second kappa shape index (κ2) is 5.35. The van der Waals surface area contributed by atoms with Crippen LogP contribution < -0.4 is 11.5 Å². The van der Waals surface area contributed by atoms with Gasteiger partial charge < -0.3 is 11.5 Å². The van der Waals surface area contributed by atoms with Crippen molar-refractivity contribution >= 4 is 17.4 Å². The lowest BCUT2D eigenvalue weighted by atomic mass is 10.0. The van der Waals surface area contributed by atoms with Crippen LogP contribution >= 0.6 is 0 Å². The molecule has 0 aliphatic heterocycles. The number of carbonyl (C=O) groups excluding carboxylic acids is 2. The Morgan fingerprint density at radius 3 is 2.32 bits per heavy atom. The molecule has 0 atom stereocenters. The van der Waals surface area contributed by atoms with Gasteiger partial charge in [-0.05, 0) is 17.7 Å². The number of nitrogen functional groups attached to an aromatic ring is 1. The average Bonchev–Trinajstić information content (AvgIpc) is 2.41. The van der Waals surface area contributed by atoms with Gasteiger partial charge >= 0.3 is 0 Å². The second-order valence-corrected chi connectivity index (χ2v) is 4.25. The third kappa shape index (κ3) is 2.98. The molecule has 96 valence electrons. The molecule has 19 heavy (non-hydrogen) atoms. The van der Waals surface area contributed by atoms with Crippen LogP contribution in [0.5, 0.6) is 0 Å². The standard InChI is InChI=1S/C15H14N2O2/c16-13-7-6-10(8-12(13)15(17)19)9-14(18)11-4-2-1-3-5-11/h1-8H,9,16H2,(H2,17,19). The molecule has 2 rings (SSSR count). The molecule has 0 bridgehead atoms. The average molecular weight is 254 g/mol. The fourth-order valence-electron chi connectivity index (χ4n) is 1.84.